The third kappa shape index (κ3) is 27.0. The lowest BCUT2D eigenvalue weighted by Crippen LogP contribution is -2.02. The Morgan fingerprint density at radius 3 is 1.47 bits per heavy atom. The van der Waals surface area contributed by atoms with Crippen LogP contribution in [-0.2, 0) is 9.53 Å². The summed E-state index contributed by atoms with van der Waals surface area (Å²) in [6.45, 7) is 6.62. The molecule has 0 N–H and O–H groups in total. The second-order valence-corrected chi connectivity index (χ2v) is 9.51. The first-order valence-corrected chi connectivity index (χ1v) is 14.3. The van der Waals surface area contributed by atoms with Gasteiger partial charge >= 0.3 is 5.97 Å². The topological polar surface area (TPSA) is 26.3 Å². The zero-order valence-corrected chi connectivity index (χ0v) is 21.7. The zero-order chi connectivity index (χ0) is 23.4. The molecule has 0 saturated heterocycles. The Labute approximate surface area is 201 Å². The molecule has 2 heteroatoms. The molecule has 0 aromatic heterocycles. The van der Waals surface area contributed by atoms with Crippen molar-refractivity contribution in [3.63, 3.8) is 0 Å². The Morgan fingerprint density at radius 1 is 0.594 bits per heavy atom. The highest BCUT2D eigenvalue weighted by atomic mass is 16.5. The fraction of sp³-hybridized carbons (Fsp3) is 0.833. The first-order valence-electron chi connectivity index (χ1n) is 14.3. The van der Waals surface area contributed by atoms with E-state index in [1.807, 2.05) is 12.2 Å². The lowest BCUT2D eigenvalue weighted by molar-refractivity contribution is -0.137. The molecule has 0 aliphatic heterocycles. The number of ether oxygens (including phenoxy) is 1. The van der Waals surface area contributed by atoms with Crippen LogP contribution in [0.15, 0.2) is 24.8 Å². The van der Waals surface area contributed by atoms with Crippen molar-refractivity contribution in [2.24, 2.45) is 0 Å². The van der Waals surface area contributed by atoms with Gasteiger partial charge in [0.15, 0.2) is 0 Å². The summed E-state index contributed by atoms with van der Waals surface area (Å²) in [4.78, 5) is 11.7. The highest BCUT2D eigenvalue weighted by Crippen LogP contribution is 2.13. The number of unbranched alkanes of at least 4 members (excludes halogenated alkanes) is 21. The molecule has 0 unspecified atom stereocenters. The molecule has 0 atom stereocenters. The van der Waals surface area contributed by atoms with E-state index in [1.165, 1.54) is 135 Å². The summed E-state index contributed by atoms with van der Waals surface area (Å²) in [5.74, 6) is -0.162. The normalized spacial score (nSPS) is 11.3. The maximum absolute atomic E-state index is 11.7. The number of rotatable bonds is 26. The molecule has 0 amide bonds. The van der Waals surface area contributed by atoms with E-state index < -0.39 is 0 Å². The van der Waals surface area contributed by atoms with Crippen molar-refractivity contribution in [2.75, 3.05) is 6.61 Å². The molecule has 0 radical (unpaired) electrons. The lowest BCUT2D eigenvalue weighted by atomic mass is 10.1. The van der Waals surface area contributed by atoms with Crippen LogP contribution in [0.2, 0.25) is 0 Å². The average molecular weight is 449 g/mol. The van der Waals surface area contributed by atoms with Crippen LogP contribution >= 0.6 is 0 Å². The quantitative estimate of drug-likeness (QED) is 0.0569. The molecule has 0 aromatic rings. The summed E-state index contributed by atoms with van der Waals surface area (Å²) in [6, 6.07) is 0. The van der Waals surface area contributed by atoms with Crippen LogP contribution < -0.4 is 0 Å². The minimum Gasteiger partial charge on any atom is -0.463 e. The number of allylic oxidation sites excluding steroid dienone is 2. The Balaban J connectivity index is 3.22. The van der Waals surface area contributed by atoms with Crippen molar-refractivity contribution < 1.29 is 9.53 Å². The van der Waals surface area contributed by atoms with Gasteiger partial charge in [-0.3, -0.25) is 0 Å². The fourth-order valence-electron chi connectivity index (χ4n) is 4.13. The Morgan fingerprint density at radius 2 is 1.00 bits per heavy atom. The van der Waals surface area contributed by atoms with Crippen molar-refractivity contribution in [1.29, 1.82) is 0 Å². The third-order valence-corrected chi connectivity index (χ3v) is 6.28. The Hall–Kier alpha value is -1.05. The molecular weight excluding hydrogens is 392 g/mol. The minimum atomic E-state index is -0.162. The minimum absolute atomic E-state index is 0.162. The summed E-state index contributed by atoms with van der Waals surface area (Å²) in [6.07, 6.45) is 35.7. The van der Waals surface area contributed by atoms with Crippen molar-refractivity contribution in [3.8, 4) is 0 Å². The summed E-state index contributed by atoms with van der Waals surface area (Å²) in [5, 5.41) is 0. The third-order valence-electron chi connectivity index (χ3n) is 6.28. The lowest BCUT2D eigenvalue weighted by Gasteiger charge is -2.04. The van der Waals surface area contributed by atoms with E-state index in [1.54, 1.807) is 6.08 Å². The second kappa shape index (κ2) is 28.0. The molecule has 0 aromatic carbocycles. The predicted octanol–water partition coefficient (Wildman–Crippen LogP) is 10.3. The van der Waals surface area contributed by atoms with Gasteiger partial charge < -0.3 is 4.74 Å². The van der Waals surface area contributed by atoms with E-state index >= 15 is 0 Å². The maximum Gasteiger partial charge on any atom is 0.330 e. The van der Waals surface area contributed by atoms with Gasteiger partial charge in [0.25, 0.3) is 0 Å². The predicted molar refractivity (Wildman–Crippen MR) is 142 cm³/mol. The van der Waals surface area contributed by atoms with E-state index in [-0.39, 0.29) is 5.97 Å². The van der Waals surface area contributed by atoms with Crippen molar-refractivity contribution in [1.82, 2.24) is 0 Å². The number of carbonyl (C=O) groups excluding carboxylic acids is 1. The molecule has 0 aliphatic rings. The molecule has 0 rings (SSSR count). The van der Waals surface area contributed by atoms with E-state index in [0.717, 1.165) is 12.8 Å². The van der Waals surface area contributed by atoms with Gasteiger partial charge in [0, 0.05) is 6.08 Å². The number of carbonyl (C=O) groups is 1. The maximum atomic E-state index is 11.7. The zero-order valence-electron chi connectivity index (χ0n) is 21.7. The molecule has 2 nitrogen and oxygen atoms in total. The Kier molecular flexibility index (Phi) is 27.1. The smallest absolute Gasteiger partial charge is 0.330 e. The fourth-order valence-corrected chi connectivity index (χ4v) is 4.13. The highest BCUT2D eigenvalue weighted by Gasteiger charge is 1.98. The summed E-state index contributed by atoms with van der Waals surface area (Å²) >= 11 is 0. The van der Waals surface area contributed by atoms with E-state index in [9.17, 15) is 4.79 Å². The van der Waals surface area contributed by atoms with Crippen molar-refractivity contribution in [3.05, 3.63) is 24.8 Å². The van der Waals surface area contributed by atoms with Crippen LogP contribution in [0.25, 0.3) is 0 Å². The first kappa shape index (κ1) is 30.9. The van der Waals surface area contributed by atoms with Gasteiger partial charge in [0.2, 0.25) is 0 Å². The Bertz CT molecular complexity index is 413. The van der Waals surface area contributed by atoms with Gasteiger partial charge in [-0.05, 0) is 32.1 Å². The second-order valence-electron chi connectivity index (χ2n) is 9.51. The molecule has 0 spiro atoms. The molecule has 0 fully saturated rings. The summed E-state index contributed by atoms with van der Waals surface area (Å²) in [7, 11) is 0. The van der Waals surface area contributed by atoms with Crippen LogP contribution in [0.3, 0.4) is 0 Å². The molecule has 32 heavy (non-hydrogen) atoms. The standard InChI is InChI=1S/C30H56O2/c1-3-5-7-9-11-13-15-17-19-21-23-25-27-29-32-30(31)28-26-24-22-20-18-16-14-12-10-8-6-4-2/h3,26,28H,1,4-25,27,29H2,2H3. The molecular formula is C30H56O2. The number of hydrogen-bond donors (Lipinski definition) is 0. The highest BCUT2D eigenvalue weighted by molar-refractivity contribution is 5.81. The molecule has 0 bridgehead atoms. The van der Waals surface area contributed by atoms with Crippen LogP contribution in [-0.4, -0.2) is 12.6 Å². The van der Waals surface area contributed by atoms with Crippen LogP contribution in [0.4, 0.5) is 0 Å². The molecule has 188 valence electrons. The van der Waals surface area contributed by atoms with Gasteiger partial charge in [0.1, 0.15) is 0 Å². The van der Waals surface area contributed by atoms with E-state index in [4.69, 9.17) is 4.74 Å². The van der Waals surface area contributed by atoms with Crippen molar-refractivity contribution >= 4 is 5.97 Å². The van der Waals surface area contributed by atoms with Crippen LogP contribution in [0, 0.1) is 0 Å². The first-order chi connectivity index (χ1) is 15.8. The molecule has 0 saturated carbocycles. The van der Waals surface area contributed by atoms with Gasteiger partial charge in [-0.25, -0.2) is 4.79 Å². The van der Waals surface area contributed by atoms with Gasteiger partial charge in [-0.15, -0.1) is 6.58 Å². The summed E-state index contributed by atoms with van der Waals surface area (Å²) in [5.41, 5.74) is 0. The average Bonchev–Trinajstić information content (AvgIpc) is 2.80. The van der Waals surface area contributed by atoms with Crippen molar-refractivity contribution in [2.45, 2.75) is 155 Å². The van der Waals surface area contributed by atoms with Gasteiger partial charge in [-0.2, -0.15) is 0 Å². The molecule has 0 aliphatic carbocycles. The largest absolute Gasteiger partial charge is 0.463 e. The monoisotopic (exact) mass is 448 g/mol. The van der Waals surface area contributed by atoms with Gasteiger partial charge in [-0.1, -0.05) is 135 Å². The van der Waals surface area contributed by atoms with Crippen LogP contribution in [0.1, 0.15) is 155 Å². The summed E-state index contributed by atoms with van der Waals surface area (Å²) < 4.78 is 5.31. The molecule has 0 heterocycles. The van der Waals surface area contributed by atoms with Crippen LogP contribution in [0.5, 0.6) is 0 Å². The number of esters is 1. The van der Waals surface area contributed by atoms with Gasteiger partial charge in [0.05, 0.1) is 6.61 Å². The number of hydrogen-bond acceptors (Lipinski definition) is 2. The SMILES string of the molecule is C=CCCCCCCCCCCCCCOC(=O)C=CCCCCCCCCCCCC. The van der Waals surface area contributed by atoms with E-state index in [2.05, 4.69) is 13.5 Å². The van der Waals surface area contributed by atoms with E-state index in [0.29, 0.717) is 6.61 Å².